The molecule has 14 nitrogen and oxygen atoms in total. The molecule has 0 aromatic carbocycles. The number of rotatable bonds is 67. The van der Waals surface area contributed by atoms with Crippen molar-refractivity contribution >= 4 is 5.91 Å². The van der Waals surface area contributed by atoms with Gasteiger partial charge in [-0.3, -0.25) is 4.79 Å². The molecule has 0 spiro atoms. The minimum absolute atomic E-state index is 0.201. The highest BCUT2D eigenvalue weighted by Crippen LogP contribution is 2.30. The summed E-state index contributed by atoms with van der Waals surface area (Å²) < 4.78 is 23.0. The van der Waals surface area contributed by atoms with Crippen LogP contribution in [0.15, 0.2) is 36.5 Å². The van der Waals surface area contributed by atoms with Gasteiger partial charge < -0.3 is 65.1 Å². The fraction of sp³-hybridized carbons (Fsp3) is 0.911. The van der Waals surface area contributed by atoms with E-state index in [2.05, 4.69) is 55.6 Å². The zero-order valence-corrected chi connectivity index (χ0v) is 60.0. The van der Waals surface area contributed by atoms with Crippen molar-refractivity contribution in [3.63, 3.8) is 0 Å². The molecule has 2 aliphatic rings. The number of carbonyl (C=O) groups excluding carboxylic acids is 1. The van der Waals surface area contributed by atoms with Crippen LogP contribution in [0.2, 0.25) is 0 Å². The largest absolute Gasteiger partial charge is 0.394 e. The topological polar surface area (TPSA) is 228 Å². The van der Waals surface area contributed by atoms with E-state index in [0.717, 1.165) is 64.2 Å². The number of amides is 1. The van der Waals surface area contributed by atoms with Gasteiger partial charge in [-0.15, -0.1) is 0 Å². The third kappa shape index (κ3) is 47.0. The Morgan fingerprint density at radius 2 is 0.710 bits per heavy atom. The molecule has 548 valence electrons. The zero-order valence-electron chi connectivity index (χ0n) is 60.0. The van der Waals surface area contributed by atoms with Crippen LogP contribution in [0.1, 0.15) is 367 Å². The SMILES string of the molecule is CCCCCCC/C=C\C/C=C\C/C=C\CCCCCCCCCCCCCCCCC(=O)NC(COC1OC(CO)C(OC2OC(CO)C(O)C(O)C2O)C(O)C1O)C(O)CCCCCCCCCCCCCCCCCCCCCCCCCCCCCCCC. The molecule has 12 atom stereocenters. The molecule has 0 radical (unpaired) electrons. The van der Waals surface area contributed by atoms with Gasteiger partial charge in [0.05, 0.1) is 32.0 Å². The summed E-state index contributed by atoms with van der Waals surface area (Å²) in [6, 6.07) is -0.831. The monoisotopic (exact) mass is 1320 g/mol. The Labute approximate surface area is 570 Å². The Hall–Kier alpha value is -1.79. The van der Waals surface area contributed by atoms with E-state index in [1.807, 2.05) is 0 Å². The van der Waals surface area contributed by atoms with Crippen LogP contribution < -0.4 is 5.32 Å². The van der Waals surface area contributed by atoms with E-state index in [1.54, 1.807) is 0 Å². The average Bonchev–Trinajstić information content (AvgIpc) is 0.854. The molecule has 12 unspecified atom stereocenters. The maximum atomic E-state index is 13.4. The van der Waals surface area contributed by atoms with Gasteiger partial charge in [-0.2, -0.15) is 0 Å². The highest BCUT2D eigenvalue weighted by Gasteiger charge is 2.51. The lowest BCUT2D eigenvalue weighted by molar-refractivity contribution is -0.359. The first-order valence-electron chi connectivity index (χ1n) is 39.7. The number of nitrogens with one attached hydrogen (secondary N) is 1. The van der Waals surface area contributed by atoms with Gasteiger partial charge in [0.1, 0.15) is 48.8 Å². The molecule has 0 aliphatic carbocycles. The van der Waals surface area contributed by atoms with Gasteiger partial charge >= 0.3 is 0 Å². The summed E-state index contributed by atoms with van der Waals surface area (Å²) in [5.74, 6) is -0.201. The van der Waals surface area contributed by atoms with Crippen molar-refractivity contribution in [1.82, 2.24) is 5.32 Å². The molecule has 9 N–H and O–H groups in total. The first-order valence-corrected chi connectivity index (χ1v) is 39.7. The summed E-state index contributed by atoms with van der Waals surface area (Å²) in [6.45, 7) is 2.91. The standard InChI is InChI=1S/C79H149NO13/c1-3-5-7-9-11-13-15-17-19-21-23-25-27-29-31-33-35-36-38-40-42-44-46-48-50-52-54-56-58-60-62-68(83)67(66-90-78-76(89)74(87)77(70(65-82)92-78)93-79-75(88)73(86)72(85)69(64-81)91-79)80-71(84)63-61-59-57-55-53-51-49-47-45-43-41-39-37-34-32-30-28-26-24-22-20-18-16-14-12-10-8-6-4-2/h16,18,22,24,28,30,67-70,72-79,81-83,85-89H,3-15,17,19-21,23,25-27,29,31-66H2,1-2H3,(H,80,84)/b18-16-,24-22-,30-28-. The third-order valence-corrected chi connectivity index (χ3v) is 19.6. The van der Waals surface area contributed by atoms with Crippen LogP contribution in [-0.4, -0.2) is 140 Å². The molecule has 2 rings (SSSR count). The van der Waals surface area contributed by atoms with Crippen molar-refractivity contribution in [1.29, 1.82) is 0 Å². The highest BCUT2D eigenvalue weighted by atomic mass is 16.7. The molecule has 2 saturated heterocycles. The summed E-state index contributed by atoms with van der Waals surface area (Å²) >= 11 is 0. The fourth-order valence-corrected chi connectivity index (χ4v) is 13.3. The summed E-state index contributed by atoms with van der Waals surface area (Å²) in [5, 5.41) is 87.9. The van der Waals surface area contributed by atoms with Crippen molar-refractivity contribution in [2.75, 3.05) is 19.8 Å². The van der Waals surface area contributed by atoms with E-state index in [4.69, 9.17) is 18.9 Å². The third-order valence-electron chi connectivity index (χ3n) is 19.6. The van der Waals surface area contributed by atoms with Gasteiger partial charge in [-0.25, -0.2) is 0 Å². The molecule has 0 bridgehead atoms. The Morgan fingerprint density at radius 1 is 0.387 bits per heavy atom. The Bertz CT molecular complexity index is 1700. The number of aliphatic hydroxyl groups is 8. The van der Waals surface area contributed by atoms with E-state index in [9.17, 15) is 45.6 Å². The van der Waals surface area contributed by atoms with Crippen molar-refractivity contribution in [3.8, 4) is 0 Å². The van der Waals surface area contributed by atoms with Gasteiger partial charge in [0.15, 0.2) is 12.6 Å². The van der Waals surface area contributed by atoms with Gasteiger partial charge in [0, 0.05) is 6.42 Å². The Kier molecular flexibility index (Phi) is 59.7. The van der Waals surface area contributed by atoms with Crippen LogP contribution in [0.3, 0.4) is 0 Å². The van der Waals surface area contributed by atoms with E-state index >= 15 is 0 Å². The predicted molar refractivity (Wildman–Crippen MR) is 383 cm³/mol. The van der Waals surface area contributed by atoms with E-state index in [0.29, 0.717) is 12.8 Å². The molecule has 2 aliphatic heterocycles. The Morgan fingerprint density at radius 3 is 1.09 bits per heavy atom. The van der Waals surface area contributed by atoms with Crippen LogP contribution in [0.25, 0.3) is 0 Å². The lowest BCUT2D eigenvalue weighted by atomic mass is 9.97. The lowest BCUT2D eigenvalue weighted by Crippen LogP contribution is -2.65. The minimum Gasteiger partial charge on any atom is -0.394 e. The molecule has 14 heteroatoms. The minimum atomic E-state index is -1.78. The quantitative estimate of drug-likeness (QED) is 0.0204. The molecule has 93 heavy (non-hydrogen) atoms. The van der Waals surface area contributed by atoms with Gasteiger partial charge in [0.2, 0.25) is 5.91 Å². The summed E-state index contributed by atoms with van der Waals surface area (Å²) in [6.07, 6.45) is 66.0. The van der Waals surface area contributed by atoms with E-state index in [1.165, 1.54) is 276 Å². The van der Waals surface area contributed by atoms with Gasteiger partial charge in [-0.1, -0.05) is 346 Å². The first-order chi connectivity index (χ1) is 45.6. The maximum Gasteiger partial charge on any atom is 0.220 e. The number of ether oxygens (including phenoxy) is 4. The maximum absolute atomic E-state index is 13.4. The summed E-state index contributed by atoms with van der Waals surface area (Å²) in [7, 11) is 0. The number of aliphatic hydroxyl groups excluding tert-OH is 8. The van der Waals surface area contributed by atoms with Crippen LogP contribution in [0, 0.1) is 0 Å². The molecular weight excluding hydrogens is 1170 g/mol. The molecule has 0 aromatic heterocycles. The molecule has 1 amide bonds. The van der Waals surface area contributed by atoms with Crippen molar-refractivity contribution in [3.05, 3.63) is 36.5 Å². The van der Waals surface area contributed by atoms with Crippen LogP contribution in [-0.2, 0) is 23.7 Å². The van der Waals surface area contributed by atoms with Crippen molar-refractivity contribution in [2.45, 2.75) is 441 Å². The number of unbranched alkanes of at least 4 members (excludes halogenated alkanes) is 48. The van der Waals surface area contributed by atoms with Crippen LogP contribution >= 0.6 is 0 Å². The van der Waals surface area contributed by atoms with Crippen LogP contribution in [0.4, 0.5) is 0 Å². The van der Waals surface area contributed by atoms with Gasteiger partial charge in [-0.05, 0) is 51.4 Å². The predicted octanol–water partition coefficient (Wildman–Crippen LogP) is 17.6. The second kappa shape index (κ2) is 63.6. The smallest absolute Gasteiger partial charge is 0.220 e. The second-order valence-corrected chi connectivity index (χ2v) is 28.2. The lowest BCUT2D eigenvalue weighted by Gasteiger charge is -2.46. The van der Waals surface area contributed by atoms with Crippen molar-refractivity contribution < 1.29 is 64.6 Å². The number of carbonyl (C=O) groups is 1. The van der Waals surface area contributed by atoms with E-state index in [-0.39, 0.29) is 12.5 Å². The van der Waals surface area contributed by atoms with Crippen LogP contribution in [0.5, 0.6) is 0 Å². The molecule has 2 heterocycles. The molecule has 0 aromatic rings. The van der Waals surface area contributed by atoms with E-state index < -0.39 is 86.8 Å². The van der Waals surface area contributed by atoms with Crippen molar-refractivity contribution in [2.24, 2.45) is 0 Å². The first kappa shape index (κ1) is 87.3. The summed E-state index contributed by atoms with van der Waals surface area (Å²) in [5.41, 5.74) is 0. The number of hydrogen-bond donors (Lipinski definition) is 9. The molecule has 2 fully saturated rings. The van der Waals surface area contributed by atoms with Gasteiger partial charge in [0.25, 0.3) is 0 Å². The summed E-state index contributed by atoms with van der Waals surface area (Å²) in [4.78, 5) is 13.4. The molecular formula is C79H149NO13. The molecule has 0 saturated carbocycles. The second-order valence-electron chi connectivity index (χ2n) is 28.2. The number of allylic oxidation sites excluding steroid dienone is 6. The fourth-order valence-electron chi connectivity index (χ4n) is 13.3. The number of hydrogen-bond acceptors (Lipinski definition) is 13. The normalized spacial score (nSPS) is 22.7. The highest BCUT2D eigenvalue weighted by molar-refractivity contribution is 5.76. The average molecular weight is 1320 g/mol. The zero-order chi connectivity index (χ0) is 67.3. The Balaban J connectivity index is 1.62.